The van der Waals surface area contributed by atoms with Crippen LogP contribution in [0.5, 0.6) is 0 Å². The number of rotatable bonds is 4. The molecule has 208 valence electrons. The first kappa shape index (κ1) is 27.5. The van der Waals surface area contributed by atoms with Crippen LogP contribution in [0.3, 0.4) is 0 Å². The van der Waals surface area contributed by atoms with E-state index in [1.165, 1.54) is 4.90 Å². The Labute approximate surface area is 218 Å². The Hall–Kier alpha value is -3.51. The zero-order valence-electron chi connectivity index (χ0n) is 21.0. The van der Waals surface area contributed by atoms with Crippen LogP contribution in [-0.4, -0.2) is 84.7 Å². The number of benzene rings is 1. The molecule has 1 N–H and O–H groups in total. The van der Waals surface area contributed by atoms with E-state index in [0.717, 1.165) is 12.1 Å². The van der Waals surface area contributed by atoms with Crippen molar-refractivity contribution < 1.29 is 41.9 Å². The Bertz CT molecular complexity index is 1040. The van der Waals surface area contributed by atoms with Gasteiger partial charge < -0.3 is 24.3 Å². The van der Waals surface area contributed by atoms with Crippen LogP contribution < -0.4 is 10.4 Å². The summed E-state index contributed by atoms with van der Waals surface area (Å²) in [6.45, 7) is 4.71. The van der Waals surface area contributed by atoms with E-state index in [1.807, 2.05) is 30.3 Å². The van der Waals surface area contributed by atoms with Crippen molar-refractivity contribution in [2.24, 2.45) is 11.8 Å². The number of anilines is 1. The second-order valence-electron chi connectivity index (χ2n) is 10.1. The number of alkyl halides is 3. The van der Waals surface area contributed by atoms with Crippen LogP contribution in [-0.2, 0) is 24.0 Å². The normalized spacial score (nSPS) is 25.7. The van der Waals surface area contributed by atoms with Crippen LogP contribution in [0.4, 0.5) is 23.7 Å². The highest BCUT2D eigenvalue weighted by Crippen LogP contribution is 2.41. The Balaban J connectivity index is 1.44. The van der Waals surface area contributed by atoms with Gasteiger partial charge in [0.15, 0.2) is 0 Å². The minimum absolute atomic E-state index is 0.109. The van der Waals surface area contributed by atoms with Crippen molar-refractivity contribution in [1.29, 1.82) is 0 Å². The van der Waals surface area contributed by atoms with Gasteiger partial charge in [0.2, 0.25) is 5.91 Å². The van der Waals surface area contributed by atoms with E-state index in [2.05, 4.69) is 9.74 Å². The third-order valence-corrected chi connectivity index (χ3v) is 7.41. The number of ether oxygens (including phenoxy) is 1. The van der Waals surface area contributed by atoms with Crippen molar-refractivity contribution in [3.05, 3.63) is 30.3 Å². The molecular formula is C25H31F3N4O6. The number of carbonyl (C=O) groups is 4. The first-order chi connectivity index (χ1) is 18.0. The number of carbonyl (C=O) groups excluding carboxylic acids is 4. The Morgan fingerprint density at radius 3 is 2.18 bits per heavy atom. The maximum Gasteiger partial charge on any atom is 0.493 e. The molecule has 0 aromatic heterocycles. The van der Waals surface area contributed by atoms with E-state index in [1.54, 1.807) is 17.3 Å². The molecule has 1 saturated carbocycles. The van der Waals surface area contributed by atoms with Gasteiger partial charge in [0, 0.05) is 45.0 Å². The Morgan fingerprint density at radius 1 is 0.947 bits per heavy atom. The summed E-state index contributed by atoms with van der Waals surface area (Å²) in [6, 6.07) is 9.72. The van der Waals surface area contributed by atoms with Crippen LogP contribution in [0.2, 0.25) is 0 Å². The van der Waals surface area contributed by atoms with Crippen molar-refractivity contribution in [3.8, 4) is 0 Å². The first-order valence-electron chi connectivity index (χ1n) is 12.6. The second-order valence-corrected chi connectivity index (χ2v) is 10.1. The molecule has 3 aliphatic rings. The number of halogens is 3. The molecular weight excluding hydrogens is 509 g/mol. The van der Waals surface area contributed by atoms with Gasteiger partial charge in [-0.1, -0.05) is 18.2 Å². The number of hydroxylamine groups is 1. The fourth-order valence-electron chi connectivity index (χ4n) is 5.10. The smallest absolute Gasteiger partial charge is 0.443 e. The SMILES string of the molecule is C[C@@]1(OC(=O)N2CCC2)CC[C@H](C(=O)N2CCN(c3ccccc3)CC2)[C@@H](C(=O)NOC(=O)C(F)(F)F)C1. The predicted molar refractivity (Wildman–Crippen MR) is 127 cm³/mol. The molecule has 10 nitrogen and oxygen atoms in total. The standard InChI is InChI=1S/C25H31F3N4O6/c1-24(37-23(36)32-10-5-11-32)9-8-18(19(16-24)20(33)29-38-22(35)25(26,27)28)21(34)31-14-12-30(13-15-31)17-6-3-2-4-7-17/h2-4,6-7,18-19H,5,8-16H2,1H3,(H,29,33)/t18-,19-,24+/m0/s1. The average molecular weight is 541 g/mol. The van der Waals surface area contributed by atoms with Crippen molar-refractivity contribution in [2.75, 3.05) is 44.2 Å². The van der Waals surface area contributed by atoms with Crippen molar-refractivity contribution >= 4 is 29.6 Å². The summed E-state index contributed by atoms with van der Waals surface area (Å²) in [6.07, 6.45) is -4.62. The molecule has 0 spiro atoms. The van der Waals surface area contributed by atoms with E-state index < -0.39 is 41.6 Å². The quantitative estimate of drug-likeness (QED) is 0.585. The van der Waals surface area contributed by atoms with Gasteiger partial charge in [0.25, 0.3) is 5.91 Å². The molecule has 0 bridgehead atoms. The van der Waals surface area contributed by atoms with Gasteiger partial charge in [-0.15, -0.1) is 0 Å². The molecule has 2 heterocycles. The van der Waals surface area contributed by atoms with Crippen LogP contribution in [0.1, 0.15) is 32.6 Å². The third kappa shape index (κ3) is 6.30. The molecule has 0 unspecified atom stereocenters. The average Bonchev–Trinajstić information content (AvgIpc) is 2.85. The highest BCUT2D eigenvalue weighted by molar-refractivity contribution is 5.89. The molecule has 3 fully saturated rings. The lowest BCUT2D eigenvalue weighted by Gasteiger charge is -2.44. The summed E-state index contributed by atoms with van der Waals surface area (Å²) < 4.78 is 43.4. The summed E-state index contributed by atoms with van der Waals surface area (Å²) in [5.41, 5.74) is 1.48. The maximum atomic E-state index is 13.5. The van der Waals surface area contributed by atoms with Crippen LogP contribution in [0.15, 0.2) is 30.3 Å². The molecule has 1 aromatic rings. The summed E-state index contributed by atoms with van der Waals surface area (Å²) in [4.78, 5) is 59.3. The van der Waals surface area contributed by atoms with Gasteiger partial charge in [-0.05, 0) is 44.7 Å². The summed E-state index contributed by atoms with van der Waals surface area (Å²) in [5.74, 6) is -5.98. The maximum absolute atomic E-state index is 13.5. The lowest BCUT2D eigenvalue weighted by Crippen LogP contribution is -2.56. The molecule has 13 heteroatoms. The van der Waals surface area contributed by atoms with Gasteiger partial charge in [0.1, 0.15) is 5.60 Å². The molecule has 4 rings (SSSR count). The molecule has 38 heavy (non-hydrogen) atoms. The highest BCUT2D eigenvalue weighted by atomic mass is 19.4. The number of hydrogen-bond donors (Lipinski definition) is 1. The van der Waals surface area contributed by atoms with Crippen LogP contribution in [0.25, 0.3) is 0 Å². The summed E-state index contributed by atoms with van der Waals surface area (Å²) in [7, 11) is 0. The topological polar surface area (TPSA) is 108 Å². The first-order valence-corrected chi connectivity index (χ1v) is 12.6. The number of nitrogens with zero attached hydrogens (tertiary/aromatic N) is 3. The largest absolute Gasteiger partial charge is 0.493 e. The number of hydrogen-bond acceptors (Lipinski definition) is 7. The van der Waals surface area contributed by atoms with E-state index in [9.17, 15) is 32.3 Å². The zero-order chi connectivity index (χ0) is 27.5. The van der Waals surface area contributed by atoms with Gasteiger partial charge in [0.05, 0.1) is 11.8 Å². The fourth-order valence-corrected chi connectivity index (χ4v) is 5.10. The monoisotopic (exact) mass is 540 g/mol. The lowest BCUT2D eigenvalue weighted by molar-refractivity contribution is -0.208. The lowest BCUT2D eigenvalue weighted by atomic mass is 9.71. The minimum atomic E-state index is -5.30. The molecule has 1 aliphatic carbocycles. The Morgan fingerprint density at radius 2 is 1.61 bits per heavy atom. The van der Waals surface area contributed by atoms with Gasteiger partial charge in [-0.25, -0.2) is 9.59 Å². The highest BCUT2D eigenvalue weighted by Gasteiger charge is 2.49. The molecule has 3 atom stereocenters. The number of likely N-dealkylation sites (tertiary alicyclic amines) is 1. The number of nitrogens with one attached hydrogen (secondary N) is 1. The van der Waals surface area contributed by atoms with Crippen LogP contribution in [0, 0.1) is 11.8 Å². The third-order valence-electron chi connectivity index (χ3n) is 7.41. The predicted octanol–water partition coefficient (Wildman–Crippen LogP) is 2.49. The molecule has 1 aromatic carbocycles. The van der Waals surface area contributed by atoms with Crippen molar-refractivity contribution in [2.45, 2.75) is 44.4 Å². The molecule has 2 saturated heterocycles. The van der Waals surface area contributed by atoms with Gasteiger partial charge >= 0.3 is 18.2 Å². The van der Waals surface area contributed by atoms with Crippen molar-refractivity contribution in [1.82, 2.24) is 15.3 Å². The molecule has 3 amide bonds. The summed E-state index contributed by atoms with van der Waals surface area (Å²) >= 11 is 0. The van der Waals surface area contributed by atoms with Gasteiger partial charge in [-0.3, -0.25) is 9.59 Å². The molecule has 0 radical (unpaired) electrons. The van der Waals surface area contributed by atoms with E-state index in [4.69, 9.17) is 4.74 Å². The van der Waals surface area contributed by atoms with Crippen molar-refractivity contribution in [3.63, 3.8) is 0 Å². The van der Waals surface area contributed by atoms with E-state index in [0.29, 0.717) is 45.7 Å². The fraction of sp³-hybridized carbons (Fsp3) is 0.600. The minimum Gasteiger partial charge on any atom is -0.443 e. The van der Waals surface area contributed by atoms with E-state index in [-0.39, 0.29) is 18.7 Å². The van der Waals surface area contributed by atoms with Crippen LogP contribution >= 0.6 is 0 Å². The number of para-hydroxylation sites is 1. The van der Waals surface area contributed by atoms with Gasteiger partial charge in [-0.2, -0.15) is 18.7 Å². The summed E-state index contributed by atoms with van der Waals surface area (Å²) in [5, 5.41) is 0. The zero-order valence-corrected chi connectivity index (χ0v) is 21.0. The number of piperazine rings is 1. The molecule has 2 aliphatic heterocycles. The number of amides is 3. The van der Waals surface area contributed by atoms with E-state index >= 15 is 0 Å². The second kappa shape index (κ2) is 11.1. The Kier molecular flexibility index (Phi) is 8.02.